The van der Waals surface area contributed by atoms with Gasteiger partial charge in [-0.25, -0.2) is 0 Å². The molecule has 0 saturated heterocycles. The van der Waals surface area contributed by atoms with Crippen molar-refractivity contribution in [2.75, 3.05) is 6.61 Å². The van der Waals surface area contributed by atoms with Gasteiger partial charge in [0.2, 0.25) is 0 Å². The van der Waals surface area contributed by atoms with Gasteiger partial charge in [0, 0.05) is 0 Å². The number of thiol groups is 1. The highest BCUT2D eigenvalue weighted by Gasteiger charge is 1.86. The van der Waals surface area contributed by atoms with E-state index in [1.54, 1.807) is 0 Å². The average Bonchev–Trinajstić information content (AvgIpc) is 1.66. The lowest BCUT2D eigenvalue weighted by atomic mass is 10.5. The molecule has 0 fully saturated rings. The summed E-state index contributed by atoms with van der Waals surface area (Å²) in [6, 6.07) is 0. The monoisotopic (exact) mass is 152 g/mol. The number of rotatable bonds is 3. The van der Waals surface area contributed by atoms with Crippen molar-refractivity contribution in [3.8, 4) is 0 Å². The Balaban J connectivity index is 2.82. The molecule has 8 heavy (non-hydrogen) atoms. The van der Waals surface area contributed by atoms with Gasteiger partial charge in [-0.2, -0.15) is 4.89 Å². The molecule has 0 atom stereocenters. The number of hydrogen-bond acceptors (Lipinski definition) is 3. The third-order valence-corrected chi connectivity index (χ3v) is 0.560. The van der Waals surface area contributed by atoms with Gasteiger partial charge in [0.25, 0.3) is 4.38 Å². The van der Waals surface area contributed by atoms with Gasteiger partial charge in [0.1, 0.15) is 0 Å². The van der Waals surface area contributed by atoms with E-state index < -0.39 is 0 Å². The van der Waals surface area contributed by atoms with Crippen molar-refractivity contribution in [2.24, 2.45) is 0 Å². The summed E-state index contributed by atoms with van der Waals surface area (Å²) in [5.41, 5.74) is 0. The standard InChI is InChI=1S/C4H8O2S2/c1-2-3-5-6-4(7)8/h2-3H2,1H3,(H,7,8). The molecule has 0 saturated carbocycles. The first-order valence-corrected chi connectivity index (χ1v) is 3.15. The van der Waals surface area contributed by atoms with E-state index in [9.17, 15) is 0 Å². The summed E-state index contributed by atoms with van der Waals surface area (Å²) in [5, 5.41) is 0. The fraction of sp³-hybridized carbons (Fsp3) is 0.750. The van der Waals surface area contributed by atoms with Crippen molar-refractivity contribution >= 4 is 29.2 Å². The van der Waals surface area contributed by atoms with E-state index >= 15 is 0 Å². The predicted octanol–water partition coefficient (Wildman–Crippen LogP) is 1.56. The van der Waals surface area contributed by atoms with Gasteiger partial charge in [-0.3, -0.25) is 0 Å². The second-order valence-electron chi connectivity index (χ2n) is 1.17. The molecule has 0 aromatic carbocycles. The topological polar surface area (TPSA) is 18.5 Å². The Morgan fingerprint density at radius 3 is 2.75 bits per heavy atom. The van der Waals surface area contributed by atoms with E-state index in [2.05, 4.69) is 34.6 Å². The van der Waals surface area contributed by atoms with Crippen LogP contribution in [-0.2, 0) is 9.78 Å². The minimum atomic E-state index is 0.124. The highest BCUT2D eigenvalue weighted by Crippen LogP contribution is 1.88. The Kier molecular flexibility index (Phi) is 5.47. The van der Waals surface area contributed by atoms with Crippen LogP contribution < -0.4 is 0 Å². The molecule has 4 heteroatoms. The van der Waals surface area contributed by atoms with Crippen molar-refractivity contribution in [3.05, 3.63) is 0 Å². The molecule has 0 bridgehead atoms. The largest absolute Gasteiger partial charge is 0.319 e. The van der Waals surface area contributed by atoms with Crippen LogP contribution in [0.1, 0.15) is 13.3 Å². The molecular weight excluding hydrogens is 144 g/mol. The summed E-state index contributed by atoms with van der Waals surface area (Å²) in [6.07, 6.45) is 0.913. The van der Waals surface area contributed by atoms with Crippen molar-refractivity contribution in [3.63, 3.8) is 0 Å². The predicted molar refractivity (Wildman–Crippen MR) is 38.9 cm³/mol. The summed E-state index contributed by atoms with van der Waals surface area (Å²) in [6.45, 7) is 2.53. The van der Waals surface area contributed by atoms with Crippen molar-refractivity contribution in [2.45, 2.75) is 13.3 Å². The summed E-state index contributed by atoms with van der Waals surface area (Å²) >= 11 is 8.08. The zero-order chi connectivity index (χ0) is 6.41. The molecule has 0 aliphatic carbocycles. The van der Waals surface area contributed by atoms with Crippen LogP contribution in [0.15, 0.2) is 0 Å². The lowest BCUT2D eigenvalue weighted by Crippen LogP contribution is -1.96. The second-order valence-corrected chi connectivity index (χ2v) is 2.25. The van der Waals surface area contributed by atoms with Crippen LogP contribution >= 0.6 is 24.8 Å². The first-order chi connectivity index (χ1) is 3.77. The van der Waals surface area contributed by atoms with Crippen LogP contribution in [0.25, 0.3) is 0 Å². The van der Waals surface area contributed by atoms with Gasteiger partial charge in [-0.1, -0.05) is 19.6 Å². The van der Waals surface area contributed by atoms with E-state index in [4.69, 9.17) is 0 Å². The number of thiocarbonyl (C=S) groups is 1. The molecule has 0 rings (SSSR count). The maximum Gasteiger partial charge on any atom is 0.260 e. The maximum atomic E-state index is 4.53. The lowest BCUT2D eigenvalue weighted by Gasteiger charge is -1.97. The first kappa shape index (κ1) is 8.20. The van der Waals surface area contributed by atoms with Crippen LogP contribution in [0.3, 0.4) is 0 Å². The zero-order valence-corrected chi connectivity index (χ0v) is 6.30. The summed E-state index contributed by atoms with van der Waals surface area (Å²) in [7, 11) is 0. The molecule has 2 nitrogen and oxygen atoms in total. The molecule has 0 amide bonds. The van der Waals surface area contributed by atoms with Crippen LogP contribution in [0.5, 0.6) is 0 Å². The molecule has 0 aliphatic rings. The van der Waals surface area contributed by atoms with E-state index in [1.165, 1.54) is 0 Å². The Bertz CT molecular complexity index is 74.4. The van der Waals surface area contributed by atoms with Gasteiger partial charge in [-0.15, -0.1) is 0 Å². The molecule has 0 spiro atoms. The molecule has 0 aromatic rings. The minimum absolute atomic E-state index is 0.124. The number of hydrogen-bond donors (Lipinski definition) is 1. The van der Waals surface area contributed by atoms with E-state index in [0.29, 0.717) is 6.61 Å². The molecule has 48 valence electrons. The van der Waals surface area contributed by atoms with E-state index in [1.807, 2.05) is 6.92 Å². The lowest BCUT2D eigenvalue weighted by molar-refractivity contribution is -0.215. The van der Waals surface area contributed by atoms with Crippen molar-refractivity contribution in [1.82, 2.24) is 0 Å². The molecule has 0 N–H and O–H groups in total. The third kappa shape index (κ3) is 6.20. The average molecular weight is 152 g/mol. The summed E-state index contributed by atoms with van der Waals surface area (Å²) in [5.74, 6) is 0. The van der Waals surface area contributed by atoms with Gasteiger partial charge in [0.05, 0.1) is 6.61 Å². The maximum absolute atomic E-state index is 4.53. The Morgan fingerprint density at radius 2 is 2.38 bits per heavy atom. The quantitative estimate of drug-likeness (QED) is 0.218. The van der Waals surface area contributed by atoms with Gasteiger partial charge >= 0.3 is 0 Å². The smallest absolute Gasteiger partial charge is 0.260 e. The molecule has 0 unspecified atom stereocenters. The fourth-order valence-corrected chi connectivity index (χ4v) is 0.276. The Labute approximate surface area is 59.5 Å². The van der Waals surface area contributed by atoms with Gasteiger partial charge < -0.3 is 4.89 Å². The molecule has 0 radical (unpaired) electrons. The fourth-order valence-electron chi connectivity index (χ4n) is 0.175. The van der Waals surface area contributed by atoms with E-state index in [-0.39, 0.29) is 4.38 Å². The second kappa shape index (κ2) is 5.34. The van der Waals surface area contributed by atoms with Crippen LogP contribution in [0.4, 0.5) is 0 Å². The normalized spacial score (nSPS) is 8.75. The SMILES string of the molecule is CCCOOC(=S)S. The molecule has 0 aliphatic heterocycles. The van der Waals surface area contributed by atoms with Crippen molar-refractivity contribution < 1.29 is 9.78 Å². The van der Waals surface area contributed by atoms with Crippen LogP contribution in [0, 0.1) is 0 Å². The third-order valence-electron chi connectivity index (χ3n) is 0.418. The van der Waals surface area contributed by atoms with Crippen molar-refractivity contribution in [1.29, 1.82) is 0 Å². The molecular formula is C4H8O2S2. The Morgan fingerprint density at radius 1 is 1.75 bits per heavy atom. The summed E-state index contributed by atoms with van der Waals surface area (Å²) < 4.78 is 0.124. The Hall–Kier alpha value is 0.200. The molecule has 0 aromatic heterocycles. The van der Waals surface area contributed by atoms with Crippen LogP contribution in [-0.4, -0.2) is 11.0 Å². The first-order valence-electron chi connectivity index (χ1n) is 2.29. The van der Waals surface area contributed by atoms with Gasteiger partial charge in [-0.05, 0) is 18.6 Å². The zero-order valence-electron chi connectivity index (χ0n) is 4.59. The van der Waals surface area contributed by atoms with Gasteiger partial charge in [0.15, 0.2) is 0 Å². The highest BCUT2D eigenvalue weighted by atomic mass is 32.1. The molecule has 0 heterocycles. The van der Waals surface area contributed by atoms with Crippen LogP contribution in [0.2, 0.25) is 0 Å². The van der Waals surface area contributed by atoms with E-state index in [0.717, 1.165) is 6.42 Å². The highest BCUT2D eigenvalue weighted by molar-refractivity contribution is 8.10. The summed E-state index contributed by atoms with van der Waals surface area (Å²) in [4.78, 5) is 8.90. The minimum Gasteiger partial charge on any atom is -0.319 e.